The van der Waals surface area contributed by atoms with Gasteiger partial charge in [0.2, 0.25) is 5.88 Å². The number of aromatic nitrogens is 2. The van der Waals surface area contributed by atoms with Crippen LogP contribution < -0.4 is 15.6 Å². The summed E-state index contributed by atoms with van der Waals surface area (Å²) in [5.74, 6) is 1.59. The number of aryl methyl sites for hydroxylation is 1. The van der Waals surface area contributed by atoms with Crippen molar-refractivity contribution in [2.45, 2.75) is 19.8 Å². The average molecular weight is 223 g/mol. The third kappa shape index (κ3) is 3.06. The molecule has 2 rings (SSSR count). The molecule has 0 saturated carbocycles. The molecule has 1 aromatic rings. The van der Waals surface area contributed by atoms with E-state index in [0.717, 1.165) is 25.9 Å². The standard InChI is InChI=1S/C11H17N3O2/c1-8-13-10(15)6-11(14-8)16-7-9-2-4-12-5-3-9/h6,9,12H,2-5,7H2,1H3,(H,13,14,15). The predicted molar refractivity (Wildman–Crippen MR) is 60.7 cm³/mol. The van der Waals surface area contributed by atoms with Gasteiger partial charge < -0.3 is 15.0 Å². The maximum Gasteiger partial charge on any atom is 0.254 e. The fourth-order valence-corrected chi connectivity index (χ4v) is 1.88. The minimum atomic E-state index is -0.159. The van der Waals surface area contributed by atoms with Crippen LogP contribution in [0.25, 0.3) is 0 Å². The number of H-pyrrole nitrogens is 1. The van der Waals surface area contributed by atoms with E-state index in [1.807, 2.05) is 0 Å². The summed E-state index contributed by atoms with van der Waals surface area (Å²) in [7, 11) is 0. The summed E-state index contributed by atoms with van der Waals surface area (Å²) >= 11 is 0. The van der Waals surface area contributed by atoms with Crippen LogP contribution in [-0.4, -0.2) is 29.7 Å². The normalized spacial score (nSPS) is 17.3. The first-order valence-corrected chi connectivity index (χ1v) is 5.65. The lowest BCUT2D eigenvalue weighted by atomic mass is 9.99. The minimum Gasteiger partial charge on any atom is -0.477 e. The number of hydrogen-bond donors (Lipinski definition) is 2. The molecule has 2 heterocycles. The Morgan fingerprint density at radius 2 is 2.25 bits per heavy atom. The second-order valence-electron chi connectivity index (χ2n) is 4.17. The van der Waals surface area contributed by atoms with Gasteiger partial charge in [0.25, 0.3) is 5.56 Å². The van der Waals surface area contributed by atoms with Crippen LogP contribution in [0.2, 0.25) is 0 Å². The predicted octanol–water partition coefficient (Wildman–Crippen LogP) is 0.457. The second-order valence-corrected chi connectivity index (χ2v) is 4.17. The van der Waals surface area contributed by atoms with E-state index in [9.17, 15) is 4.79 Å². The summed E-state index contributed by atoms with van der Waals surface area (Å²) in [5.41, 5.74) is -0.159. The molecule has 1 aliphatic heterocycles. The molecule has 1 fully saturated rings. The number of nitrogens with zero attached hydrogens (tertiary/aromatic N) is 1. The zero-order valence-electron chi connectivity index (χ0n) is 9.45. The minimum absolute atomic E-state index is 0.159. The average Bonchev–Trinajstić information content (AvgIpc) is 2.27. The molecule has 2 N–H and O–H groups in total. The van der Waals surface area contributed by atoms with Gasteiger partial charge in [-0.1, -0.05) is 0 Å². The summed E-state index contributed by atoms with van der Waals surface area (Å²) in [6.07, 6.45) is 2.25. The van der Waals surface area contributed by atoms with Crippen molar-refractivity contribution in [2.75, 3.05) is 19.7 Å². The number of aromatic amines is 1. The van der Waals surface area contributed by atoms with Crippen LogP contribution in [0.5, 0.6) is 5.88 Å². The van der Waals surface area contributed by atoms with Crippen molar-refractivity contribution in [2.24, 2.45) is 5.92 Å². The number of hydrogen-bond acceptors (Lipinski definition) is 4. The van der Waals surface area contributed by atoms with E-state index >= 15 is 0 Å². The highest BCUT2D eigenvalue weighted by Gasteiger charge is 2.13. The van der Waals surface area contributed by atoms with E-state index in [1.54, 1.807) is 6.92 Å². The third-order valence-electron chi connectivity index (χ3n) is 2.76. The fraction of sp³-hybridized carbons (Fsp3) is 0.636. The Kier molecular flexibility index (Phi) is 3.56. The van der Waals surface area contributed by atoms with Gasteiger partial charge in [-0.3, -0.25) is 4.79 Å². The molecule has 0 aromatic carbocycles. The molecule has 16 heavy (non-hydrogen) atoms. The first-order chi connectivity index (χ1) is 7.74. The molecule has 0 unspecified atom stereocenters. The number of nitrogens with one attached hydrogen (secondary N) is 2. The van der Waals surface area contributed by atoms with Crippen molar-refractivity contribution < 1.29 is 4.74 Å². The first-order valence-electron chi connectivity index (χ1n) is 5.65. The molecule has 1 saturated heterocycles. The zero-order chi connectivity index (χ0) is 11.4. The van der Waals surface area contributed by atoms with Gasteiger partial charge in [0, 0.05) is 0 Å². The van der Waals surface area contributed by atoms with Crippen LogP contribution in [-0.2, 0) is 0 Å². The molecule has 1 aliphatic rings. The van der Waals surface area contributed by atoms with Crippen LogP contribution in [0.15, 0.2) is 10.9 Å². The highest BCUT2D eigenvalue weighted by Crippen LogP contribution is 2.13. The summed E-state index contributed by atoms with van der Waals surface area (Å²) < 4.78 is 5.55. The van der Waals surface area contributed by atoms with Crippen molar-refractivity contribution in [1.82, 2.24) is 15.3 Å². The Balaban J connectivity index is 1.90. The molecule has 0 bridgehead atoms. The number of rotatable bonds is 3. The fourth-order valence-electron chi connectivity index (χ4n) is 1.88. The molecule has 0 aliphatic carbocycles. The number of ether oxygens (including phenoxy) is 1. The summed E-state index contributed by atoms with van der Waals surface area (Å²) in [5, 5.41) is 3.30. The summed E-state index contributed by atoms with van der Waals surface area (Å²) in [6, 6.07) is 1.40. The first kappa shape index (κ1) is 11.1. The van der Waals surface area contributed by atoms with E-state index < -0.39 is 0 Å². The van der Waals surface area contributed by atoms with Gasteiger partial charge in [0.15, 0.2) is 0 Å². The lowest BCUT2D eigenvalue weighted by Gasteiger charge is -2.22. The van der Waals surface area contributed by atoms with E-state index in [4.69, 9.17) is 4.74 Å². The van der Waals surface area contributed by atoms with Crippen LogP contribution in [0.4, 0.5) is 0 Å². The molecular weight excluding hydrogens is 206 g/mol. The van der Waals surface area contributed by atoms with Gasteiger partial charge in [0.05, 0.1) is 12.7 Å². The van der Waals surface area contributed by atoms with Crippen molar-refractivity contribution in [3.63, 3.8) is 0 Å². The Hall–Kier alpha value is -1.36. The quantitative estimate of drug-likeness (QED) is 0.781. The van der Waals surface area contributed by atoms with Crippen molar-refractivity contribution >= 4 is 0 Å². The third-order valence-corrected chi connectivity index (χ3v) is 2.76. The van der Waals surface area contributed by atoms with E-state index in [-0.39, 0.29) is 5.56 Å². The van der Waals surface area contributed by atoms with Crippen LogP contribution in [0.3, 0.4) is 0 Å². The van der Waals surface area contributed by atoms with Gasteiger partial charge in [-0.2, -0.15) is 0 Å². The number of piperidine rings is 1. The van der Waals surface area contributed by atoms with Crippen LogP contribution >= 0.6 is 0 Å². The van der Waals surface area contributed by atoms with Gasteiger partial charge in [-0.25, -0.2) is 4.98 Å². The summed E-state index contributed by atoms with van der Waals surface area (Å²) in [4.78, 5) is 17.9. The van der Waals surface area contributed by atoms with Gasteiger partial charge in [-0.15, -0.1) is 0 Å². The van der Waals surface area contributed by atoms with E-state index in [2.05, 4.69) is 15.3 Å². The second kappa shape index (κ2) is 5.12. The van der Waals surface area contributed by atoms with Crippen LogP contribution in [0.1, 0.15) is 18.7 Å². The van der Waals surface area contributed by atoms with Crippen molar-refractivity contribution in [3.05, 3.63) is 22.2 Å². The SMILES string of the molecule is Cc1nc(OCC2CCNCC2)cc(=O)[nH]1. The van der Waals surface area contributed by atoms with E-state index in [0.29, 0.717) is 24.2 Å². The van der Waals surface area contributed by atoms with E-state index in [1.165, 1.54) is 6.07 Å². The summed E-state index contributed by atoms with van der Waals surface area (Å²) in [6.45, 7) is 4.50. The highest BCUT2D eigenvalue weighted by molar-refractivity contribution is 5.08. The Labute approximate surface area is 94.2 Å². The Bertz CT molecular complexity index is 396. The van der Waals surface area contributed by atoms with Crippen LogP contribution in [0, 0.1) is 12.8 Å². The molecule has 1 aromatic heterocycles. The Morgan fingerprint density at radius 1 is 1.50 bits per heavy atom. The molecule has 0 spiro atoms. The molecule has 88 valence electrons. The molecule has 0 amide bonds. The lowest BCUT2D eigenvalue weighted by Crippen LogP contribution is -2.30. The molecule has 0 radical (unpaired) electrons. The zero-order valence-corrected chi connectivity index (χ0v) is 9.45. The molecule has 0 atom stereocenters. The van der Waals surface area contributed by atoms with Gasteiger partial charge >= 0.3 is 0 Å². The topological polar surface area (TPSA) is 67.0 Å². The maximum atomic E-state index is 11.2. The van der Waals surface area contributed by atoms with Gasteiger partial charge in [-0.05, 0) is 38.8 Å². The van der Waals surface area contributed by atoms with Crippen molar-refractivity contribution in [3.8, 4) is 5.88 Å². The molecular formula is C11H17N3O2. The molecule has 5 heteroatoms. The molecule has 5 nitrogen and oxygen atoms in total. The smallest absolute Gasteiger partial charge is 0.254 e. The monoisotopic (exact) mass is 223 g/mol. The van der Waals surface area contributed by atoms with Crippen molar-refractivity contribution in [1.29, 1.82) is 0 Å². The largest absolute Gasteiger partial charge is 0.477 e. The lowest BCUT2D eigenvalue weighted by molar-refractivity contribution is 0.208. The van der Waals surface area contributed by atoms with Gasteiger partial charge in [0.1, 0.15) is 5.82 Å². The maximum absolute atomic E-state index is 11.2. The Morgan fingerprint density at radius 3 is 2.94 bits per heavy atom. The highest BCUT2D eigenvalue weighted by atomic mass is 16.5.